The van der Waals surface area contributed by atoms with Crippen LogP contribution in [-0.2, 0) is 21.7 Å². The second-order valence-electron chi connectivity index (χ2n) is 37.6. The van der Waals surface area contributed by atoms with Crippen molar-refractivity contribution in [2.45, 2.75) is 111 Å². The van der Waals surface area contributed by atoms with Crippen LogP contribution in [0.3, 0.4) is 0 Å². The van der Waals surface area contributed by atoms with Gasteiger partial charge >= 0.3 is 0 Å². The average Bonchev–Trinajstić information content (AvgIpc) is 1.13. The second kappa shape index (κ2) is 29.3. The first kappa shape index (κ1) is 60.3. The van der Waals surface area contributed by atoms with Gasteiger partial charge in [0.15, 0.2) is 0 Å². The maximum Gasteiger partial charge on any atom is 0.252 e. The Balaban J connectivity index is 0.982. The first-order valence-electron chi connectivity index (χ1n) is 51.5. The maximum absolute atomic E-state index is 10.7. The first-order valence-corrected chi connectivity index (χ1v) is 43.0. The number of nitrogens with zero attached hydrogens (tertiary/aromatic N) is 5. The molecule has 20 aromatic rings. The van der Waals surface area contributed by atoms with Crippen LogP contribution in [0.4, 0.5) is 34.1 Å². The molecular weight excluding hydrogens is 1510 g/mol. The predicted molar refractivity (Wildman–Crippen MR) is 534 cm³/mol. The Morgan fingerprint density at radius 2 is 0.576 bits per heavy atom. The van der Waals surface area contributed by atoms with Crippen LogP contribution in [0.2, 0.25) is 0 Å². The maximum atomic E-state index is 10.7. The summed E-state index contributed by atoms with van der Waals surface area (Å²) in [6.45, 7) is 25.9. The topological polar surface area (TPSA) is 21.3 Å². The number of para-hydroxylation sites is 3. The quantitative estimate of drug-likeness (QED) is 0.0898. The van der Waals surface area contributed by atoms with E-state index in [1.165, 1.54) is 11.1 Å². The molecular formula is C119H100BN5. The Labute approximate surface area is 758 Å². The minimum Gasteiger partial charge on any atom is -0.310 e. The molecule has 1 unspecified atom stereocenters. The molecule has 604 valence electrons. The summed E-state index contributed by atoms with van der Waals surface area (Å²) in [5.41, 5.74) is 21.0. The van der Waals surface area contributed by atoms with Crippen LogP contribution in [0.1, 0.15) is 151 Å². The smallest absolute Gasteiger partial charge is 0.252 e. The molecule has 0 bridgehead atoms. The van der Waals surface area contributed by atoms with Gasteiger partial charge in [0.1, 0.15) is 0 Å². The Hall–Kier alpha value is -14.2. The minimum absolute atomic E-state index is 0.00704. The first-order chi connectivity index (χ1) is 67.6. The number of anilines is 6. The molecule has 2 aliphatic heterocycles. The number of hydrogen-bond acceptors (Lipinski definition) is 2. The standard InChI is InChI=1S/C119H100BN5/c1-116(2,3)83-56-63-106-98(66-83)99-67-84(117(4,5)6)57-64-107(99)122(106)88-59-61-101-109(73-88)125(115-95(78-41-23-15-24-42-78)70-86(119(10,11)12)71-96(115)79-43-25-16-26-44-79)111-75-89(123-104-54-36-33-51-92(104)97-65-82(55-62-105(97)123)112(80-45-27-17-28-46-80)81-47-29-18-30-48-81)74-110-113(111)120(101)100-60-58-87(121-102-52-34-31-49-90(102)91-50-32-35-53-103(91)121)72-108(100)124(110)114-93(76-37-19-13-20-38-76)68-85(118(7,8)9)69-94(114)77-39-21-14-22-40-77/h13-75,112H,1-12H3/i17D,27D,28D,31D,32D,33D,34D,35D,36D,45D,46D,49D,50D,51D,52D,53D,54D. The Morgan fingerprint density at radius 1 is 0.248 bits per heavy atom. The van der Waals surface area contributed by atoms with Gasteiger partial charge in [-0.2, -0.15) is 0 Å². The van der Waals surface area contributed by atoms with Crippen LogP contribution in [0, 0.1) is 0 Å². The third-order valence-electron chi connectivity index (χ3n) is 25.8. The number of rotatable bonds is 12. The van der Waals surface area contributed by atoms with Crippen molar-refractivity contribution in [3.8, 4) is 61.6 Å². The number of aromatic nitrogens is 3. The molecule has 0 fully saturated rings. The highest BCUT2D eigenvalue weighted by molar-refractivity contribution is 7.00. The van der Waals surface area contributed by atoms with E-state index in [4.69, 9.17) is 1.37 Å². The van der Waals surface area contributed by atoms with E-state index in [2.05, 4.69) is 267 Å². The Bertz CT molecular complexity index is 8490. The molecule has 0 amide bonds. The van der Waals surface area contributed by atoms with Crippen LogP contribution >= 0.6 is 0 Å². The van der Waals surface area contributed by atoms with E-state index in [0.717, 1.165) is 111 Å². The zero-order valence-corrected chi connectivity index (χ0v) is 71.9. The van der Waals surface area contributed by atoms with E-state index in [1.54, 1.807) is 4.57 Å². The van der Waals surface area contributed by atoms with Gasteiger partial charge in [-0.25, -0.2) is 0 Å². The van der Waals surface area contributed by atoms with Crippen molar-refractivity contribution in [1.29, 1.82) is 0 Å². The third kappa shape index (κ3) is 12.8. The van der Waals surface area contributed by atoms with Crippen LogP contribution in [0.5, 0.6) is 0 Å². The summed E-state index contributed by atoms with van der Waals surface area (Å²) in [6, 6.07) is 87.8. The molecule has 22 rings (SSSR count). The Kier molecular flexibility index (Phi) is 14.1. The third-order valence-corrected chi connectivity index (χ3v) is 25.8. The highest BCUT2D eigenvalue weighted by atomic mass is 15.2. The van der Waals surface area contributed by atoms with Crippen LogP contribution in [0.25, 0.3) is 127 Å². The molecule has 0 radical (unpaired) electrons. The molecule has 2 aliphatic rings. The molecule has 3 aromatic heterocycles. The van der Waals surface area contributed by atoms with Crippen molar-refractivity contribution in [2.24, 2.45) is 0 Å². The average molecular weight is 1630 g/mol. The van der Waals surface area contributed by atoms with Gasteiger partial charge in [-0.1, -0.05) is 350 Å². The molecule has 0 saturated heterocycles. The lowest BCUT2D eigenvalue weighted by atomic mass is 9.33. The molecule has 5 heterocycles. The molecule has 0 N–H and O–H groups in total. The molecule has 0 saturated carbocycles. The zero-order chi connectivity index (χ0) is 99.9. The van der Waals surface area contributed by atoms with Gasteiger partial charge in [0.2, 0.25) is 0 Å². The van der Waals surface area contributed by atoms with Crippen molar-refractivity contribution < 1.29 is 23.3 Å². The van der Waals surface area contributed by atoms with Gasteiger partial charge in [0.25, 0.3) is 6.71 Å². The van der Waals surface area contributed by atoms with Crippen molar-refractivity contribution in [3.63, 3.8) is 0 Å². The van der Waals surface area contributed by atoms with E-state index < -0.39 is 114 Å². The molecule has 1 atom stereocenters. The van der Waals surface area contributed by atoms with Crippen molar-refractivity contribution in [1.82, 2.24) is 13.7 Å². The van der Waals surface area contributed by atoms with E-state index in [-0.39, 0.29) is 66.9 Å². The molecule has 6 heteroatoms. The number of fused-ring (bicyclic) bond motifs is 13. The normalized spacial score (nSPS) is 15.1. The lowest BCUT2D eigenvalue weighted by Crippen LogP contribution is -2.61. The molecule has 17 aromatic carbocycles. The largest absolute Gasteiger partial charge is 0.310 e. The lowest BCUT2D eigenvalue weighted by molar-refractivity contribution is 0.590. The summed E-state index contributed by atoms with van der Waals surface area (Å²) in [5, 5.41) is 2.46. The predicted octanol–water partition coefficient (Wildman–Crippen LogP) is 30.1. The van der Waals surface area contributed by atoms with E-state index in [0.29, 0.717) is 50.5 Å². The van der Waals surface area contributed by atoms with E-state index in [1.807, 2.05) is 114 Å². The van der Waals surface area contributed by atoms with Gasteiger partial charge in [-0.15, -0.1) is 0 Å². The lowest BCUT2D eigenvalue weighted by Gasteiger charge is -2.46. The number of benzene rings is 17. The van der Waals surface area contributed by atoms with Crippen LogP contribution in [0.15, 0.2) is 382 Å². The minimum atomic E-state index is -1.04. The van der Waals surface area contributed by atoms with Crippen LogP contribution in [-0.4, -0.2) is 20.4 Å². The molecule has 125 heavy (non-hydrogen) atoms. The fourth-order valence-electron chi connectivity index (χ4n) is 19.5. The molecule has 0 spiro atoms. The highest BCUT2D eigenvalue weighted by Gasteiger charge is 2.47. The summed E-state index contributed by atoms with van der Waals surface area (Å²) in [4.78, 5) is 4.74. The highest BCUT2D eigenvalue weighted by Crippen LogP contribution is 2.57. The number of hydrogen-bond donors (Lipinski definition) is 0. The van der Waals surface area contributed by atoms with Gasteiger partial charge in [0.05, 0.1) is 73.5 Å². The second-order valence-corrected chi connectivity index (χ2v) is 37.6. The SMILES string of the molecule is [2H]c1c([2H])c([2H])c(C(c2ccccc2)c2ccc3c(c2)c2c([2H])c([2H])c([2H])c([2H])c2n3-c2cc3c4c(c2)N(c2c(-c5ccccc5)cc(C(C)(C)C)cc2-c2ccccc2)c2cc(-n5c6c([2H])c([2H])c([2H])c([2H])c6c6c([2H])c([2H])c([2H])c([2H])c65)ccc2B4c2ccc(-n4c5ccc(C(C)(C)C)cc5c5cc(C(C)(C)C)ccc54)cc2N3c2c(-c3ccccc3)cc(C(C)(C)C)cc2-c2ccccc2)c([2H])c1[2H]. The van der Waals surface area contributed by atoms with Crippen molar-refractivity contribution in [3.05, 3.63) is 421 Å². The monoisotopic (exact) mass is 1630 g/mol. The van der Waals surface area contributed by atoms with E-state index >= 15 is 0 Å². The fourth-order valence-corrected chi connectivity index (χ4v) is 19.5. The molecule has 0 aliphatic carbocycles. The van der Waals surface area contributed by atoms with Gasteiger partial charge < -0.3 is 23.5 Å². The Morgan fingerprint density at radius 3 is 0.968 bits per heavy atom. The summed E-state index contributed by atoms with van der Waals surface area (Å²) < 4.78 is 171. The molecule has 5 nitrogen and oxygen atoms in total. The zero-order valence-electron chi connectivity index (χ0n) is 88.9. The summed E-state index contributed by atoms with van der Waals surface area (Å²) in [7, 11) is 0. The van der Waals surface area contributed by atoms with Gasteiger partial charge in [-0.05, 0) is 214 Å². The summed E-state index contributed by atoms with van der Waals surface area (Å²) >= 11 is 0. The summed E-state index contributed by atoms with van der Waals surface area (Å²) in [5.74, 6) is -1.04. The van der Waals surface area contributed by atoms with Crippen molar-refractivity contribution in [2.75, 3.05) is 9.80 Å². The fraction of sp³-hybridized carbons (Fsp3) is 0.143. The van der Waals surface area contributed by atoms with Crippen molar-refractivity contribution >= 4 is 123 Å². The summed E-state index contributed by atoms with van der Waals surface area (Å²) in [6.07, 6.45) is 0. The van der Waals surface area contributed by atoms with Gasteiger partial charge in [-0.3, -0.25) is 0 Å². The van der Waals surface area contributed by atoms with E-state index in [9.17, 15) is 21.9 Å². The van der Waals surface area contributed by atoms with Gasteiger partial charge in [0, 0.05) is 94.6 Å². The van der Waals surface area contributed by atoms with Crippen LogP contribution < -0.4 is 26.2 Å².